The fourth-order valence-corrected chi connectivity index (χ4v) is 1.13. The van der Waals surface area contributed by atoms with Gasteiger partial charge in [-0.15, -0.1) is 0 Å². The zero-order valence-corrected chi connectivity index (χ0v) is 9.09. The molecule has 3 nitrogen and oxygen atoms in total. The van der Waals surface area contributed by atoms with E-state index in [9.17, 15) is 13.6 Å². The molecule has 0 aliphatic heterocycles. The van der Waals surface area contributed by atoms with E-state index in [4.69, 9.17) is 4.74 Å². The molecule has 1 aromatic rings. The van der Waals surface area contributed by atoms with Gasteiger partial charge in [-0.2, -0.15) is 0 Å². The van der Waals surface area contributed by atoms with Crippen LogP contribution in [0.5, 0.6) is 5.75 Å². The first-order chi connectivity index (χ1) is 7.54. The highest BCUT2D eigenvalue weighted by Gasteiger charge is 2.14. The van der Waals surface area contributed by atoms with Crippen molar-refractivity contribution in [1.82, 2.24) is 5.32 Å². The Morgan fingerprint density at radius 3 is 2.69 bits per heavy atom. The molecule has 16 heavy (non-hydrogen) atoms. The second kappa shape index (κ2) is 5.44. The summed E-state index contributed by atoms with van der Waals surface area (Å²) in [5, 5.41) is 2.56. The quantitative estimate of drug-likeness (QED) is 0.855. The largest absolute Gasteiger partial charge is 0.481 e. The van der Waals surface area contributed by atoms with Gasteiger partial charge in [0.1, 0.15) is 5.75 Å². The Hall–Kier alpha value is -1.65. The van der Waals surface area contributed by atoms with E-state index in [1.54, 1.807) is 6.92 Å². The maximum atomic E-state index is 12.8. The third-order valence-electron chi connectivity index (χ3n) is 1.92. The Kier molecular flexibility index (Phi) is 4.22. The molecule has 0 heterocycles. The van der Waals surface area contributed by atoms with Crippen molar-refractivity contribution in [1.29, 1.82) is 0 Å². The topological polar surface area (TPSA) is 38.3 Å². The normalized spacial score (nSPS) is 12.0. The van der Waals surface area contributed by atoms with Crippen LogP contribution in [0.4, 0.5) is 8.78 Å². The van der Waals surface area contributed by atoms with Crippen molar-refractivity contribution < 1.29 is 18.3 Å². The van der Waals surface area contributed by atoms with Gasteiger partial charge in [0.25, 0.3) is 5.91 Å². The van der Waals surface area contributed by atoms with Crippen LogP contribution >= 0.6 is 0 Å². The van der Waals surface area contributed by atoms with E-state index < -0.39 is 17.7 Å². The fourth-order valence-electron chi connectivity index (χ4n) is 1.13. The molecule has 5 heteroatoms. The number of carbonyl (C=O) groups excluding carboxylic acids is 1. The molecule has 0 saturated carbocycles. The summed E-state index contributed by atoms with van der Waals surface area (Å²) in [6.07, 6.45) is -0.746. The minimum absolute atomic E-state index is 0.123. The molecule has 1 unspecified atom stereocenters. The summed E-state index contributed by atoms with van der Waals surface area (Å²) < 4.78 is 30.6. The lowest BCUT2D eigenvalue weighted by Gasteiger charge is -2.13. The number of hydrogen-bond donors (Lipinski definition) is 1. The minimum atomic E-state index is -0.999. The second-order valence-corrected chi connectivity index (χ2v) is 3.23. The summed E-state index contributed by atoms with van der Waals surface area (Å²) >= 11 is 0. The predicted molar refractivity (Wildman–Crippen MR) is 55.1 cm³/mol. The van der Waals surface area contributed by atoms with Crippen LogP contribution in [0.3, 0.4) is 0 Å². The minimum Gasteiger partial charge on any atom is -0.481 e. The molecule has 0 bridgehead atoms. The molecule has 1 aromatic carbocycles. The van der Waals surface area contributed by atoms with Crippen LogP contribution in [0.1, 0.15) is 13.8 Å². The van der Waals surface area contributed by atoms with Gasteiger partial charge in [0.15, 0.2) is 17.7 Å². The Labute approximate surface area is 92.4 Å². The maximum Gasteiger partial charge on any atom is 0.260 e. The van der Waals surface area contributed by atoms with E-state index in [1.165, 1.54) is 13.0 Å². The number of amides is 1. The van der Waals surface area contributed by atoms with Crippen LogP contribution in [-0.4, -0.2) is 18.6 Å². The van der Waals surface area contributed by atoms with Gasteiger partial charge >= 0.3 is 0 Å². The van der Waals surface area contributed by atoms with E-state index in [0.717, 1.165) is 12.1 Å². The summed E-state index contributed by atoms with van der Waals surface area (Å²) in [7, 11) is 0. The second-order valence-electron chi connectivity index (χ2n) is 3.23. The first kappa shape index (κ1) is 12.4. The Balaban J connectivity index is 2.66. The van der Waals surface area contributed by atoms with E-state index in [0.29, 0.717) is 6.54 Å². The van der Waals surface area contributed by atoms with Crippen LogP contribution in [-0.2, 0) is 4.79 Å². The fraction of sp³-hybridized carbons (Fsp3) is 0.364. The SMILES string of the molecule is CCNC(=O)C(C)Oc1ccc(F)c(F)c1. The molecule has 1 N–H and O–H groups in total. The lowest BCUT2D eigenvalue weighted by molar-refractivity contribution is -0.127. The molecule has 1 rings (SSSR count). The lowest BCUT2D eigenvalue weighted by atomic mass is 10.3. The molecule has 0 fully saturated rings. The van der Waals surface area contributed by atoms with Gasteiger partial charge in [-0.25, -0.2) is 8.78 Å². The first-order valence-corrected chi connectivity index (χ1v) is 4.94. The smallest absolute Gasteiger partial charge is 0.260 e. The molecule has 0 spiro atoms. The number of halogens is 2. The van der Waals surface area contributed by atoms with E-state index in [1.807, 2.05) is 0 Å². The Morgan fingerprint density at radius 1 is 1.44 bits per heavy atom. The van der Waals surface area contributed by atoms with E-state index in [-0.39, 0.29) is 11.7 Å². The molecule has 0 aliphatic carbocycles. The number of carbonyl (C=O) groups is 1. The van der Waals surface area contributed by atoms with Crippen molar-refractivity contribution in [3.05, 3.63) is 29.8 Å². The molecule has 0 radical (unpaired) electrons. The Bertz CT molecular complexity index is 382. The van der Waals surface area contributed by atoms with Crippen LogP contribution in [0.25, 0.3) is 0 Å². The van der Waals surface area contributed by atoms with Gasteiger partial charge in [-0.3, -0.25) is 4.79 Å². The predicted octanol–water partition coefficient (Wildman–Crippen LogP) is 1.87. The molecular weight excluding hydrogens is 216 g/mol. The number of likely N-dealkylation sites (N-methyl/N-ethyl adjacent to an activating group) is 1. The van der Waals surface area contributed by atoms with Gasteiger partial charge in [-0.05, 0) is 26.0 Å². The third-order valence-corrected chi connectivity index (χ3v) is 1.92. The van der Waals surface area contributed by atoms with E-state index >= 15 is 0 Å². The zero-order valence-electron chi connectivity index (χ0n) is 9.09. The van der Waals surface area contributed by atoms with Crippen LogP contribution < -0.4 is 10.1 Å². The highest BCUT2D eigenvalue weighted by atomic mass is 19.2. The van der Waals surface area contributed by atoms with Crippen molar-refractivity contribution in [2.75, 3.05) is 6.54 Å². The molecule has 1 atom stereocenters. The molecule has 0 aliphatic rings. The van der Waals surface area contributed by atoms with Crippen LogP contribution in [0.15, 0.2) is 18.2 Å². The number of ether oxygens (including phenoxy) is 1. The van der Waals surface area contributed by atoms with Crippen molar-refractivity contribution in [3.8, 4) is 5.75 Å². The molecule has 88 valence electrons. The molecule has 0 aromatic heterocycles. The number of hydrogen-bond acceptors (Lipinski definition) is 2. The van der Waals surface area contributed by atoms with Gasteiger partial charge < -0.3 is 10.1 Å². The molecule has 1 amide bonds. The number of rotatable bonds is 4. The lowest BCUT2D eigenvalue weighted by Crippen LogP contribution is -2.36. The molecule has 0 saturated heterocycles. The monoisotopic (exact) mass is 229 g/mol. The van der Waals surface area contributed by atoms with Gasteiger partial charge in [0.2, 0.25) is 0 Å². The van der Waals surface area contributed by atoms with Crippen LogP contribution in [0, 0.1) is 11.6 Å². The average molecular weight is 229 g/mol. The number of nitrogens with one attached hydrogen (secondary N) is 1. The van der Waals surface area contributed by atoms with Gasteiger partial charge in [0.05, 0.1) is 0 Å². The average Bonchev–Trinajstić information content (AvgIpc) is 2.24. The number of benzene rings is 1. The highest BCUT2D eigenvalue weighted by Crippen LogP contribution is 2.16. The van der Waals surface area contributed by atoms with Gasteiger partial charge in [0, 0.05) is 12.6 Å². The zero-order chi connectivity index (χ0) is 12.1. The highest BCUT2D eigenvalue weighted by molar-refractivity contribution is 5.80. The summed E-state index contributed by atoms with van der Waals surface area (Å²) in [6.45, 7) is 3.80. The maximum absolute atomic E-state index is 12.8. The summed E-state index contributed by atoms with van der Waals surface area (Å²) in [6, 6.07) is 3.13. The summed E-state index contributed by atoms with van der Waals surface area (Å²) in [5.74, 6) is -2.12. The third kappa shape index (κ3) is 3.18. The van der Waals surface area contributed by atoms with Crippen molar-refractivity contribution in [2.24, 2.45) is 0 Å². The Morgan fingerprint density at radius 2 is 2.12 bits per heavy atom. The van der Waals surface area contributed by atoms with Crippen molar-refractivity contribution in [2.45, 2.75) is 20.0 Å². The van der Waals surface area contributed by atoms with Crippen molar-refractivity contribution in [3.63, 3.8) is 0 Å². The van der Waals surface area contributed by atoms with E-state index in [2.05, 4.69) is 5.32 Å². The summed E-state index contributed by atoms with van der Waals surface area (Å²) in [4.78, 5) is 11.3. The van der Waals surface area contributed by atoms with Crippen LogP contribution in [0.2, 0.25) is 0 Å². The van der Waals surface area contributed by atoms with Gasteiger partial charge in [-0.1, -0.05) is 0 Å². The first-order valence-electron chi connectivity index (χ1n) is 4.94. The summed E-state index contributed by atoms with van der Waals surface area (Å²) in [5.41, 5.74) is 0. The van der Waals surface area contributed by atoms with Crippen molar-refractivity contribution >= 4 is 5.91 Å². The molecular formula is C11H13F2NO2. The standard InChI is InChI=1S/C11H13F2NO2/c1-3-14-11(15)7(2)16-8-4-5-9(12)10(13)6-8/h4-7H,3H2,1-2H3,(H,14,15).